The molecule has 0 radical (unpaired) electrons. The maximum absolute atomic E-state index is 12.4. The number of nitrogens with one attached hydrogen (secondary N) is 1. The fourth-order valence-electron chi connectivity index (χ4n) is 2.60. The Morgan fingerprint density at radius 1 is 1.50 bits per heavy atom. The number of nitrogens with zero attached hydrogens (tertiary/aromatic N) is 3. The molecule has 0 bridgehead atoms. The predicted molar refractivity (Wildman–Crippen MR) is 76.9 cm³/mol. The van der Waals surface area contributed by atoms with Crippen LogP contribution in [-0.2, 0) is 27.4 Å². The van der Waals surface area contributed by atoms with Crippen molar-refractivity contribution in [2.24, 2.45) is 5.41 Å². The molecule has 0 atom stereocenters. The van der Waals surface area contributed by atoms with Crippen molar-refractivity contribution in [3.8, 4) is 0 Å². The highest BCUT2D eigenvalue weighted by Crippen LogP contribution is 2.44. The Morgan fingerprint density at radius 3 is 2.86 bits per heavy atom. The van der Waals surface area contributed by atoms with Crippen LogP contribution in [0.2, 0.25) is 0 Å². The molecule has 122 valence electrons. The quantitative estimate of drug-likeness (QED) is 0.646. The van der Waals surface area contributed by atoms with Crippen LogP contribution < -0.4 is 5.32 Å². The molecule has 22 heavy (non-hydrogen) atoms. The van der Waals surface area contributed by atoms with Crippen LogP contribution in [0.5, 0.6) is 0 Å². The molecular weight excluding hydrogens is 288 g/mol. The van der Waals surface area contributed by atoms with Gasteiger partial charge in [0.05, 0.1) is 18.2 Å². The third-order valence-electron chi connectivity index (χ3n) is 4.03. The van der Waals surface area contributed by atoms with Crippen molar-refractivity contribution >= 4 is 11.9 Å². The summed E-state index contributed by atoms with van der Waals surface area (Å²) >= 11 is 0. The summed E-state index contributed by atoms with van der Waals surface area (Å²) in [6.07, 6.45) is 5.10. The minimum absolute atomic E-state index is 0.0197. The van der Waals surface area contributed by atoms with Crippen LogP contribution in [0, 0.1) is 5.41 Å². The van der Waals surface area contributed by atoms with Gasteiger partial charge in [-0.25, -0.2) is 4.68 Å². The van der Waals surface area contributed by atoms with Crippen LogP contribution in [0.4, 0.5) is 0 Å². The molecule has 0 spiro atoms. The number of rotatable bonds is 9. The first kappa shape index (κ1) is 16.4. The molecule has 0 aliphatic heterocycles. The Labute approximate surface area is 128 Å². The zero-order valence-corrected chi connectivity index (χ0v) is 12.7. The summed E-state index contributed by atoms with van der Waals surface area (Å²) in [6.45, 7) is 3.21. The molecule has 1 aliphatic rings. The van der Waals surface area contributed by atoms with E-state index in [1.165, 1.54) is 10.9 Å². The second-order valence-electron chi connectivity index (χ2n) is 5.56. The fraction of sp³-hybridized carbons (Fsp3) is 0.714. The van der Waals surface area contributed by atoms with Crippen LogP contribution in [0.1, 0.15) is 38.3 Å². The smallest absolute Gasteiger partial charge is 0.325 e. The number of hydrogen-bond donors (Lipinski definition) is 2. The molecule has 2 N–H and O–H groups in total. The normalized spacial score (nSPS) is 16.0. The lowest BCUT2D eigenvalue weighted by molar-refractivity contribution is -0.138. The Kier molecular flexibility index (Phi) is 5.48. The van der Waals surface area contributed by atoms with Gasteiger partial charge in [-0.3, -0.25) is 9.59 Å². The SMILES string of the molecule is CCOCCC1(C(=O)NCc2cn(CC(=O)O)nn2)CCC1. The van der Waals surface area contributed by atoms with Crippen molar-refractivity contribution in [3.63, 3.8) is 0 Å². The minimum atomic E-state index is -0.982. The highest BCUT2D eigenvalue weighted by Gasteiger charge is 2.43. The number of carboxylic acid groups (broad SMARTS) is 1. The summed E-state index contributed by atoms with van der Waals surface area (Å²) in [4.78, 5) is 23.0. The van der Waals surface area contributed by atoms with E-state index >= 15 is 0 Å². The van der Waals surface area contributed by atoms with E-state index in [9.17, 15) is 9.59 Å². The molecule has 0 aromatic carbocycles. The van der Waals surface area contributed by atoms with Gasteiger partial charge in [0.1, 0.15) is 12.2 Å². The molecule has 0 saturated heterocycles. The summed E-state index contributed by atoms with van der Waals surface area (Å²) in [6, 6.07) is 0. The second-order valence-corrected chi connectivity index (χ2v) is 5.56. The third kappa shape index (κ3) is 4.03. The third-order valence-corrected chi connectivity index (χ3v) is 4.03. The van der Waals surface area contributed by atoms with Crippen LogP contribution in [0.25, 0.3) is 0 Å². The average Bonchev–Trinajstić information content (AvgIpc) is 2.86. The number of aliphatic carboxylic acids is 1. The van der Waals surface area contributed by atoms with Gasteiger partial charge in [0.15, 0.2) is 0 Å². The van der Waals surface area contributed by atoms with Crippen LogP contribution in [0.3, 0.4) is 0 Å². The first-order valence-corrected chi connectivity index (χ1v) is 7.52. The van der Waals surface area contributed by atoms with E-state index in [0.29, 0.717) is 18.9 Å². The molecule has 1 aromatic rings. The number of carbonyl (C=O) groups excluding carboxylic acids is 1. The lowest BCUT2D eigenvalue weighted by atomic mass is 9.66. The van der Waals surface area contributed by atoms with Gasteiger partial charge in [-0.1, -0.05) is 11.6 Å². The largest absolute Gasteiger partial charge is 0.480 e. The number of amides is 1. The molecule has 1 aliphatic carbocycles. The number of hydrogen-bond acceptors (Lipinski definition) is 5. The molecule has 1 saturated carbocycles. The Bertz CT molecular complexity index is 525. The number of aromatic nitrogens is 3. The van der Waals surface area contributed by atoms with Gasteiger partial charge in [-0.05, 0) is 26.2 Å². The van der Waals surface area contributed by atoms with E-state index in [1.807, 2.05) is 6.92 Å². The van der Waals surface area contributed by atoms with Crippen LogP contribution in [0.15, 0.2) is 6.20 Å². The zero-order chi connectivity index (χ0) is 16.0. The van der Waals surface area contributed by atoms with Gasteiger partial charge < -0.3 is 15.2 Å². The summed E-state index contributed by atoms with van der Waals surface area (Å²) in [7, 11) is 0. The molecule has 1 amide bonds. The van der Waals surface area contributed by atoms with E-state index in [0.717, 1.165) is 25.7 Å². The second kappa shape index (κ2) is 7.35. The summed E-state index contributed by atoms with van der Waals surface area (Å²) in [5.41, 5.74) is 0.237. The predicted octanol–water partition coefficient (Wildman–Crippen LogP) is 0.576. The first-order valence-electron chi connectivity index (χ1n) is 7.52. The molecular formula is C14H22N4O4. The van der Waals surface area contributed by atoms with E-state index in [4.69, 9.17) is 9.84 Å². The average molecular weight is 310 g/mol. The van der Waals surface area contributed by atoms with Crippen molar-refractivity contribution in [3.05, 3.63) is 11.9 Å². The van der Waals surface area contributed by atoms with E-state index < -0.39 is 5.97 Å². The molecule has 2 rings (SSSR count). The summed E-state index contributed by atoms with van der Waals surface area (Å²) in [5, 5.41) is 19.1. The van der Waals surface area contributed by atoms with E-state index in [2.05, 4.69) is 15.6 Å². The van der Waals surface area contributed by atoms with E-state index in [-0.39, 0.29) is 24.4 Å². The number of ether oxygens (including phenoxy) is 1. The molecule has 1 aromatic heterocycles. The Morgan fingerprint density at radius 2 is 2.27 bits per heavy atom. The lowest BCUT2D eigenvalue weighted by Crippen LogP contribution is -2.46. The highest BCUT2D eigenvalue weighted by molar-refractivity contribution is 5.83. The van der Waals surface area contributed by atoms with Crippen molar-refractivity contribution in [2.75, 3.05) is 13.2 Å². The molecule has 8 nitrogen and oxygen atoms in total. The van der Waals surface area contributed by atoms with Crippen molar-refractivity contribution < 1.29 is 19.4 Å². The van der Waals surface area contributed by atoms with Gasteiger partial charge in [-0.15, -0.1) is 5.10 Å². The maximum atomic E-state index is 12.4. The summed E-state index contributed by atoms with van der Waals surface area (Å²) < 4.78 is 6.59. The Balaban J connectivity index is 1.83. The summed E-state index contributed by atoms with van der Waals surface area (Å²) in [5.74, 6) is -0.962. The van der Waals surface area contributed by atoms with Crippen molar-refractivity contribution in [1.29, 1.82) is 0 Å². The zero-order valence-electron chi connectivity index (χ0n) is 12.7. The molecule has 1 fully saturated rings. The van der Waals surface area contributed by atoms with Gasteiger partial charge in [0, 0.05) is 13.2 Å². The van der Waals surface area contributed by atoms with Crippen LogP contribution in [-0.4, -0.2) is 45.2 Å². The van der Waals surface area contributed by atoms with Gasteiger partial charge >= 0.3 is 5.97 Å². The van der Waals surface area contributed by atoms with Crippen molar-refractivity contribution in [1.82, 2.24) is 20.3 Å². The maximum Gasteiger partial charge on any atom is 0.325 e. The van der Waals surface area contributed by atoms with Gasteiger partial charge in [0.2, 0.25) is 5.91 Å². The topological polar surface area (TPSA) is 106 Å². The van der Waals surface area contributed by atoms with E-state index in [1.54, 1.807) is 0 Å². The number of carboxylic acids is 1. The van der Waals surface area contributed by atoms with Crippen LogP contribution >= 0.6 is 0 Å². The highest BCUT2D eigenvalue weighted by atomic mass is 16.5. The lowest BCUT2D eigenvalue weighted by Gasteiger charge is -2.40. The molecule has 8 heteroatoms. The Hall–Kier alpha value is -1.96. The minimum Gasteiger partial charge on any atom is -0.480 e. The fourth-order valence-corrected chi connectivity index (χ4v) is 2.60. The van der Waals surface area contributed by atoms with Gasteiger partial charge in [0.25, 0.3) is 0 Å². The molecule has 1 heterocycles. The van der Waals surface area contributed by atoms with Gasteiger partial charge in [-0.2, -0.15) is 0 Å². The van der Waals surface area contributed by atoms with Crippen molar-refractivity contribution in [2.45, 2.75) is 45.7 Å². The first-order chi connectivity index (χ1) is 10.6. The standard InChI is InChI=1S/C14H22N4O4/c1-2-22-7-6-14(4-3-5-14)13(21)15-8-11-9-18(17-16-11)10-12(19)20/h9H,2-8,10H2,1H3,(H,15,21)(H,19,20). The molecule has 0 unspecified atom stereocenters. The number of carbonyl (C=O) groups is 2. The monoisotopic (exact) mass is 310 g/mol.